The summed E-state index contributed by atoms with van der Waals surface area (Å²) < 4.78 is 38.1. The van der Waals surface area contributed by atoms with E-state index in [-0.39, 0.29) is 74.8 Å². The number of rotatable bonds is 18. The predicted molar refractivity (Wildman–Crippen MR) is 214 cm³/mol. The van der Waals surface area contributed by atoms with Gasteiger partial charge in [-0.1, -0.05) is 34.6 Å². The van der Waals surface area contributed by atoms with Crippen molar-refractivity contribution in [2.45, 2.75) is 74.9 Å². The summed E-state index contributed by atoms with van der Waals surface area (Å²) in [5.74, 6) is 4.77. The number of alkyl halides is 1. The highest BCUT2D eigenvalue weighted by atomic mass is 32.2. The van der Waals surface area contributed by atoms with E-state index in [9.17, 15) is 14.0 Å². The fraction of sp³-hybridized carbons (Fsp3) is 0.611. The van der Waals surface area contributed by atoms with Gasteiger partial charge in [0.25, 0.3) is 11.8 Å². The minimum absolute atomic E-state index is 0.0197. The molecular formula is C36H53FN4O6S4. The van der Waals surface area contributed by atoms with Crippen molar-refractivity contribution in [3.05, 3.63) is 35.4 Å². The molecule has 10 nitrogen and oxygen atoms in total. The van der Waals surface area contributed by atoms with Crippen LogP contribution in [0, 0.1) is 5.92 Å². The molecule has 2 aliphatic rings. The van der Waals surface area contributed by atoms with Crippen LogP contribution in [0.4, 0.5) is 15.8 Å². The van der Waals surface area contributed by atoms with Crippen molar-refractivity contribution in [1.82, 2.24) is 9.80 Å². The van der Waals surface area contributed by atoms with Crippen molar-refractivity contribution in [3.8, 4) is 23.0 Å². The Bertz CT molecular complexity index is 1370. The summed E-state index contributed by atoms with van der Waals surface area (Å²) in [6.45, 7) is 11.0. The summed E-state index contributed by atoms with van der Waals surface area (Å²) in [6.07, 6.45) is 0.146. The molecule has 2 fully saturated rings. The van der Waals surface area contributed by atoms with Crippen molar-refractivity contribution >= 4 is 70.2 Å². The number of ether oxygens (including phenoxy) is 4. The van der Waals surface area contributed by atoms with E-state index in [1.807, 2.05) is 28.4 Å². The van der Waals surface area contributed by atoms with Gasteiger partial charge in [-0.3, -0.25) is 9.59 Å². The summed E-state index contributed by atoms with van der Waals surface area (Å²) >= 11 is 7.22. The number of nitrogens with zero attached hydrogens (tertiary/aromatic N) is 2. The fourth-order valence-corrected chi connectivity index (χ4v) is 12.2. The number of hydrogen-bond donors (Lipinski definition) is 2. The van der Waals surface area contributed by atoms with Crippen molar-refractivity contribution in [3.63, 3.8) is 0 Å². The molecule has 4 N–H and O–H groups in total. The van der Waals surface area contributed by atoms with Crippen LogP contribution in [-0.2, 0) is 0 Å². The summed E-state index contributed by atoms with van der Waals surface area (Å²) in [5, 5.41) is 0. The van der Waals surface area contributed by atoms with Gasteiger partial charge >= 0.3 is 0 Å². The van der Waals surface area contributed by atoms with Crippen LogP contribution in [-0.4, -0.2) is 106 Å². The van der Waals surface area contributed by atoms with Crippen LogP contribution in [0.25, 0.3) is 0 Å². The average Bonchev–Trinajstić information content (AvgIpc) is 3.70. The zero-order valence-corrected chi connectivity index (χ0v) is 33.9. The molecule has 0 bridgehead atoms. The van der Waals surface area contributed by atoms with E-state index in [1.165, 1.54) is 26.4 Å². The molecule has 0 unspecified atom stereocenters. The highest BCUT2D eigenvalue weighted by Crippen LogP contribution is 2.41. The lowest BCUT2D eigenvalue weighted by molar-refractivity contribution is 0.0733. The van der Waals surface area contributed by atoms with Gasteiger partial charge in [-0.25, -0.2) is 4.39 Å². The largest absolute Gasteiger partial charge is 0.493 e. The molecule has 2 heterocycles. The molecule has 284 valence electrons. The minimum atomic E-state index is -1.10. The number of methoxy groups -OCH3 is 2. The number of carbonyl (C=O) groups excluding carboxylic acids is 2. The number of nitrogens with two attached hydrogens (primary N) is 2. The van der Waals surface area contributed by atoms with E-state index in [0.29, 0.717) is 35.9 Å². The van der Waals surface area contributed by atoms with E-state index in [0.717, 1.165) is 29.4 Å². The Morgan fingerprint density at radius 1 is 0.725 bits per heavy atom. The van der Waals surface area contributed by atoms with Crippen molar-refractivity contribution in [2.24, 2.45) is 5.92 Å². The Hall–Kier alpha value is -2.49. The average molecular weight is 785 g/mol. The predicted octanol–water partition coefficient (Wildman–Crippen LogP) is 7.35. The molecule has 2 amide bonds. The van der Waals surface area contributed by atoms with Crippen LogP contribution in [0.15, 0.2) is 24.3 Å². The van der Waals surface area contributed by atoms with Gasteiger partial charge in [0.15, 0.2) is 23.0 Å². The molecule has 4 atom stereocenters. The van der Waals surface area contributed by atoms with E-state index in [2.05, 4.69) is 34.6 Å². The molecule has 0 aromatic heterocycles. The number of nitrogen functional groups attached to an aromatic ring is 2. The maximum absolute atomic E-state index is 14.7. The van der Waals surface area contributed by atoms with E-state index >= 15 is 0 Å². The first-order valence-corrected chi connectivity index (χ1v) is 21.6. The molecule has 15 heteroatoms. The van der Waals surface area contributed by atoms with Gasteiger partial charge in [-0.2, -0.15) is 0 Å². The first-order chi connectivity index (χ1) is 24.5. The lowest BCUT2D eigenvalue weighted by Crippen LogP contribution is -2.41. The SMILES string of the molecule is CCSC(SCC)[C@@H]1C[C@H](C)CN1C(=O)c1cc(OC)c(OCOc2cc(N)c(C(=O)N3C[C@@H](F)C[C@H]3C(SCC)SCC)cc2OC)cc1N. The number of benzene rings is 2. The maximum atomic E-state index is 14.7. The summed E-state index contributed by atoms with van der Waals surface area (Å²) in [7, 11) is 2.96. The number of likely N-dealkylation sites (tertiary alicyclic amines) is 2. The Balaban J connectivity index is 1.49. The van der Waals surface area contributed by atoms with Gasteiger partial charge in [-0.05, 0) is 47.5 Å². The highest BCUT2D eigenvalue weighted by molar-refractivity contribution is 8.17. The maximum Gasteiger partial charge on any atom is 0.256 e. The lowest BCUT2D eigenvalue weighted by atomic mass is 10.1. The number of hydrogen-bond acceptors (Lipinski definition) is 12. The first-order valence-electron chi connectivity index (χ1n) is 17.4. The van der Waals surface area contributed by atoms with E-state index in [4.69, 9.17) is 30.4 Å². The van der Waals surface area contributed by atoms with Crippen LogP contribution in [0.1, 0.15) is 68.2 Å². The fourth-order valence-electron chi connectivity index (χ4n) is 6.61. The van der Waals surface area contributed by atoms with Gasteiger partial charge in [-0.15, -0.1) is 47.0 Å². The smallest absolute Gasteiger partial charge is 0.256 e. The molecular weight excluding hydrogens is 732 g/mol. The third kappa shape index (κ3) is 9.94. The molecule has 0 saturated carbocycles. The molecule has 51 heavy (non-hydrogen) atoms. The zero-order valence-electron chi connectivity index (χ0n) is 30.6. The monoisotopic (exact) mass is 784 g/mol. The number of anilines is 2. The molecule has 2 saturated heterocycles. The van der Waals surface area contributed by atoms with Crippen LogP contribution in [0.5, 0.6) is 23.0 Å². The van der Waals surface area contributed by atoms with Gasteiger partial charge < -0.3 is 40.2 Å². The highest BCUT2D eigenvalue weighted by Gasteiger charge is 2.42. The third-order valence-electron chi connectivity index (χ3n) is 8.88. The van der Waals surface area contributed by atoms with Gasteiger partial charge in [0.1, 0.15) is 6.17 Å². The van der Waals surface area contributed by atoms with Crippen LogP contribution < -0.4 is 30.4 Å². The minimum Gasteiger partial charge on any atom is -0.493 e. The summed E-state index contributed by atoms with van der Waals surface area (Å²) in [6, 6.07) is 6.08. The zero-order chi connectivity index (χ0) is 37.2. The van der Waals surface area contributed by atoms with Gasteiger partial charge in [0, 0.05) is 36.5 Å². The van der Waals surface area contributed by atoms with Gasteiger partial charge in [0.05, 0.1) is 53.1 Å². The molecule has 2 aliphatic heterocycles. The second kappa shape index (κ2) is 19.5. The Morgan fingerprint density at radius 2 is 1.14 bits per heavy atom. The quantitative estimate of drug-likeness (QED) is 0.116. The molecule has 0 aliphatic carbocycles. The third-order valence-corrected chi connectivity index (χ3v) is 14.4. The van der Waals surface area contributed by atoms with Crippen LogP contribution in [0.2, 0.25) is 0 Å². The van der Waals surface area contributed by atoms with E-state index < -0.39 is 6.17 Å². The Kier molecular flexibility index (Phi) is 15.8. The number of amides is 2. The standard InChI is InChI=1S/C36H53FN4O6S4/c1-8-48-35(49-9-2)27-12-21(5)18-40(27)33(42)23-14-29(44-6)31(16-25(23)38)46-20-47-32-17-26(39)24(15-30(32)45-7)34(43)41-19-22(37)13-28(41)36(50-10-3)51-11-4/h14-17,21-22,27-28,35-36H,8-13,18-20,38-39H2,1-7H3/t21-,22-,27-,28-/m0/s1. The number of carbonyl (C=O) groups is 2. The first kappa shape index (κ1) is 41.3. The second-order valence-corrected chi connectivity index (χ2v) is 18.6. The van der Waals surface area contributed by atoms with E-state index in [1.54, 1.807) is 40.6 Å². The van der Waals surface area contributed by atoms with Crippen LogP contribution in [0.3, 0.4) is 0 Å². The summed E-state index contributed by atoms with van der Waals surface area (Å²) in [4.78, 5) is 31.3. The van der Waals surface area contributed by atoms with Crippen molar-refractivity contribution < 1.29 is 32.9 Å². The summed E-state index contributed by atoms with van der Waals surface area (Å²) in [5.41, 5.74) is 13.9. The number of halogens is 1. The van der Waals surface area contributed by atoms with Crippen molar-refractivity contribution in [1.29, 1.82) is 0 Å². The van der Waals surface area contributed by atoms with Gasteiger partial charge in [0.2, 0.25) is 6.79 Å². The topological polar surface area (TPSA) is 130 Å². The Morgan fingerprint density at radius 3 is 1.55 bits per heavy atom. The van der Waals surface area contributed by atoms with Crippen LogP contribution >= 0.6 is 47.0 Å². The van der Waals surface area contributed by atoms with Crippen molar-refractivity contribution in [2.75, 3.05) is 68.6 Å². The molecule has 0 radical (unpaired) electrons. The second-order valence-electron chi connectivity index (χ2n) is 12.4. The molecule has 0 spiro atoms. The normalized spacial score (nSPS) is 20.4. The molecule has 2 aromatic rings. The number of thioether (sulfide) groups is 4. The Labute approximate surface area is 319 Å². The molecule has 2 aromatic carbocycles. The molecule has 4 rings (SSSR count). The lowest BCUT2D eigenvalue weighted by Gasteiger charge is -2.31.